The normalized spacial score (nSPS) is 27.0. The monoisotopic (exact) mass is 482 g/mol. The number of nitrogens with zero attached hydrogens (tertiary/aromatic N) is 1. The summed E-state index contributed by atoms with van der Waals surface area (Å²) < 4.78 is 14.9. The predicted molar refractivity (Wildman–Crippen MR) is 116 cm³/mol. The van der Waals surface area contributed by atoms with E-state index in [1.54, 1.807) is 30.3 Å². The summed E-state index contributed by atoms with van der Waals surface area (Å²) >= 11 is 3.35. The van der Waals surface area contributed by atoms with Gasteiger partial charge in [0, 0.05) is 10.2 Å². The summed E-state index contributed by atoms with van der Waals surface area (Å²) in [6.45, 7) is 0. The molecule has 0 spiro atoms. The first-order chi connectivity index (χ1) is 14.9. The van der Waals surface area contributed by atoms with Crippen LogP contribution >= 0.6 is 15.9 Å². The second-order valence-electron chi connectivity index (χ2n) is 8.38. The van der Waals surface area contributed by atoms with Gasteiger partial charge in [-0.15, -0.1) is 0 Å². The number of anilines is 1. The van der Waals surface area contributed by atoms with Crippen LogP contribution in [0.15, 0.2) is 65.2 Å². The van der Waals surface area contributed by atoms with Crippen LogP contribution in [-0.2, 0) is 14.4 Å². The number of carbonyl (C=O) groups is 3. The van der Waals surface area contributed by atoms with Crippen LogP contribution in [0, 0.1) is 29.5 Å². The zero-order chi connectivity index (χ0) is 21.7. The van der Waals surface area contributed by atoms with E-state index in [-0.39, 0.29) is 47.8 Å². The van der Waals surface area contributed by atoms with Gasteiger partial charge in [0.2, 0.25) is 17.7 Å². The fourth-order valence-corrected chi connectivity index (χ4v) is 5.49. The van der Waals surface area contributed by atoms with E-state index >= 15 is 0 Å². The van der Waals surface area contributed by atoms with Gasteiger partial charge >= 0.3 is 0 Å². The number of hydrogen-bond acceptors (Lipinski definition) is 3. The van der Waals surface area contributed by atoms with Gasteiger partial charge in [0.05, 0.1) is 24.3 Å². The molecule has 5 rings (SSSR count). The van der Waals surface area contributed by atoms with E-state index in [0.29, 0.717) is 11.3 Å². The third-order valence-corrected chi connectivity index (χ3v) is 7.08. The van der Waals surface area contributed by atoms with Gasteiger partial charge in [0.15, 0.2) is 0 Å². The molecule has 2 aliphatic carbocycles. The lowest BCUT2D eigenvalue weighted by Crippen LogP contribution is -2.38. The number of rotatable bonds is 5. The third-order valence-electron chi connectivity index (χ3n) is 6.56. The second-order valence-corrected chi connectivity index (χ2v) is 9.29. The molecule has 158 valence electrons. The van der Waals surface area contributed by atoms with E-state index in [4.69, 9.17) is 0 Å². The SMILES string of the molecule is O=C(CC(c1cccc(F)c1)N1C(=O)C2C3C=CC(C3)C2C1=O)Nc1ccc(Br)cc1. The molecule has 1 saturated carbocycles. The molecule has 5 atom stereocenters. The average molecular weight is 483 g/mol. The van der Waals surface area contributed by atoms with Crippen LogP contribution in [0.3, 0.4) is 0 Å². The van der Waals surface area contributed by atoms with Crippen LogP contribution in [-0.4, -0.2) is 22.6 Å². The first kappa shape index (κ1) is 20.1. The molecule has 5 unspecified atom stereocenters. The third kappa shape index (κ3) is 3.51. The molecule has 1 heterocycles. The van der Waals surface area contributed by atoms with Gasteiger partial charge in [0.1, 0.15) is 5.82 Å². The minimum Gasteiger partial charge on any atom is -0.326 e. The lowest BCUT2D eigenvalue weighted by molar-refractivity contribution is -0.144. The van der Waals surface area contributed by atoms with Gasteiger partial charge in [-0.3, -0.25) is 19.3 Å². The summed E-state index contributed by atoms with van der Waals surface area (Å²) in [5, 5.41) is 2.80. The number of allylic oxidation sites excluding steroid dienone is 2. The molecule has 2 bridgehead atoms. The highest BCUT2D eigenvalue weighted by Crippen LogP contribution is 2.54. The number of fused-ring (bicyclic) bond motifs is 5. The average Bonchev–Trinajstić information content (AvgIpc) is 3.42. The van der Waals surface area contributed by atoms with Gasteiger partial charge in [-0.05, 0) is 60.2 Å². The highest BCUT2D eigenvalue weighted by molar-refractivity contribution is 9.10. The molecule has 2 aromatic carbocycles. The maximum Gasteiger partial charge on any atom is 0.234 e. The van der Waals surface area contributed by atoms with Crippen molar-refractivity contribution in [3.05, 3.63) is 76.5 Å². The molecule has 2 aromatic rings. The summed E-state index contributed by atoms with van der Waals surface area (Å²) in [5.74, 6) is -1.93. The zero-order valence-electron chi connectivity index (χ0n) is 16.5. The summed E-state index contributed by atoms with van der Waals surface area (Å²) in [4.78, 5) is 40.7. The predicted octanol–water partition coefficient (Wildman–Crippen LogP) is 4.47. The van der Waals surface area contributed by atoms with Crippen molar-refractivity contribution in [3.8, 4) is 0 Å². The number of likely N-dealkylation sites (tertiary alicyclic amines) is 1. The van der Waals surface area contributed by atoms with Crippen LogP contribution in [0.4, 0.5) is 10.1 Å². The van der Waals surface area contributed by atoms with E-state index in [1.165, 1.54) is 23.1 Å². The summed E-state index contributed by atoms with van der Waals surface area (Å²) in [6, 6.07) is 12.0. The molecular weight excluding hydrogens is 463 g/mol. The van der Waals surface area contributed by atoms with Crippen molar-refractivity contribution >= 4 is 39.3 Å². The molecule has 0 radical (unpaired) electrons. The lowest BCUT2D eigenvalue weighted by atomic mass is 9.85. The zero-order valence-corrected chi connectivity index (χ0v) is 18.1. The lowest BCUT2D eigenvalue weighted by Gasteiger charge is -2.28. The number of carbonyl (C=O) groups excluding carboxylic acids is 3. The fraction of sp³-hybridized carbons (Fsp3) is 0.292. The van der Waals surface area contributed by atoms with Crippen LogP contribution in [0.2, 0.25) is 0 Å². The van der Waals surface area contributed by atoms with Crippen LogP contribution < -0.4 is 5.32 Å². The van der Waals surface area contributed by atoms with Gasteiger partial charge < -0.3 is 5.32 Å². The summed E-state index contributed by atoms with van der Waals surface area (Å²) in [5.41, 5.74) is 1.04. The fourth-order valence-electron chi connectivity index (χ4n) is 5.23. The highest BCUT2D eigenvalue weighted by Gasteiger charge is 2.60. The smallest absolute Gasteiger partial charge is 0.234 e. The topological polar surface area (TPSA) is 66.5 Å². The van der Waals surface area contributed by atoms with Gasteiger partial charge in [0.25, 0.3) is 0 Å². The van der Waals surface area contributed by atoms with E-state index in [9.17, 15) is 18.8 Å². The first-order valence-corrected chi connectivity index (χ1v) is 11.1. The summed E-state index contributed by atoms with van der Waals surface area (Å²) in [6.07, 6.45) is 4.74. The first-order valence-electron chi connectivity index (χ1n) is 10.3. The van der Waals surface area contributed by atoms with E-state index < -0.39 is 11.9 Å². The molecule has 1 aliphatic heterocycles. The van der Waals surface area contributed by atoms with E-state index in [2.05, 4.69) is 21.2 Å². The Kier molecular flexibility index (Phi) is 5.01. The Bertz CT molecular complexity index is 1070. The van der Waals surface area contributed by atoms with Crippen molar-refractivity contribution in [2.45, 2.75) is 18.9 Å². The number of amides is 3. The maximum absolute atomic E-state index is 14.0. The van der Waals surface area contributed by atoms with Crippen molar-refractivity contribution in [1.82, 2.24) is 4.90 Å². The number of hydrogen-bond donors (Lipinski definition) is 1. The summed E-state index contributed by atoms with van der Waals surface area (Å²) in [7, 11) is 0. The Morgan fingerprint density at radius 3 is 2.32 bits per heavy atom. The van der Waals surface area contributed by atoms with Crippen molar-refractivity contribution < 1.29 is 18.8 Å². The van der Waals surface area contributed by atoms with Crippen molar-refractivity contribution in [2.75, 3.05) is 5.32 Å². The van der Waals surface area contributed by atoms with Crippen LogP contribution in [0.5, 0.6) is 0 Å². The van der Waals surface area contributed by atoms with Crippen LogP contribution in [0.1, 0.15) is 24.4 Å². The molecule has 1 N–H and O–H groups in total. The Morgan fingerprint density at radius 1 is 1.06 bits per heavy atom. The van der Waals surface area contributed by atoms with Crippen molar-refractivity contribution in [2.24, 2.45) is 23.7 Å². The number of halogens is 2. The Morgan fingerprint density at radius 2 is 1.71 bits per heavy atom. The minimum absolute atomic E-state index is 0.0706. The van der Waals surface area contributed by atoms with Crippen molar-refractivity contribution in [3.63, 3.8) is 0 Å². The van der Waals surface area contributed by atoms with Crippen molar-refractivity contribution in [1.29, 1.82) is 0 Å². The van der Waals surface area contributed by atoms with Gasteiger partial charge in [-0.2, -0.15) is 0 Å². The molecule has 3 aliphatic rings. The standard InChI is InChI=1S/C24H20BrFN2O3/c25-16-6-8-18(9-7-16)27-20(29)12-19(13-2-1-3-17(26)11-13)28-23(30)21-14-4-5-15(10-14)22(21)24(28)31/h1-9,11,14-15,19,21-22H,10,12H2,(H,27,29). The van der Waals surface area contributed by atoms with Crippen LogP contribution in [0.25, 0.3) is 0 Å². The van der Waals surface area contributed by atoms with E-state index in [1.807, 2.05) is 12.2 Å². The molecule has 2 fully saturated rings. The molecule has 0 aromatic heterocycles. The minimum atomic E-state index is -0.851. The second kappa shape index (κ2) is 7.71. The molecule has 7 heteroatoms. The maximum atomic E-state index is 14.0. The van der Waals surface area contributed by atoms with Gasteiger partial charge in [-0.1, -0.05) is 40.2 Å². The number of benzene rings is 2. The largest absolute Gasteiger partial charge is 0.326 e. The molecule has 5 nitrogen and oxygen atoms in total. The quantitative estimate of drug-likeness (QED) is 0.505. The Hall–Kier alpha value is -2.80. The molecule has 1 saturated heterocycles. The van der Waals surface area contributed by atoms with Gasteiger partial charge in [-0.25, -0.2) is 4.39 Å². The number of imide groups is 1. The van der Waals surface area contributed by atoms with E-state index in [0.717, 1.165) is 10.9 Å². The molecular formula is C24H20BrFN2O3. The number of nitrogens with one attached hydrogen (secondary N) is 1. The Balaban J connectivity index is 1.44. The highest BCUT2D eigenvalue weighted by atomic mass is 79.9. The Labute approximate surface area is 187 Å². The molecule has 3 amide bonds. The molecule has 31 heavy (non-hydrogen) atoms.